The predicted octanol–water partition coefficient (Wildman–Crippen LogP) is 2.80. The van der Waals surface area contributed by atoms with Gasteiger partial charge < -0.3 is 14.9 Å². The quantitative estimate of drug-likeness (QED) is 0.580. The third-order valence-corrected chi connectivity index (χ3v) is 9.17. The number of ketones is 2. The van der Waals surface area contributed by atoms with E-state index in [4.69, 9.17) is 4.74 Å². The van der Waals surface area contributed by atoms with E-state index >= 15 is 4.39 Å². The van der Waals surface area contributed by atoms with Crippen molar-refractivity contribution < 1.29 is 33.7 Å². The lowest BCUT2D eigenvalue weighted by atomic mass is 9.46. The number of carbonyl (C=O) groups is 3. The molecule has 0 radical (unpaired) electrons. The molecule has 3 fully saturated rings. The van der Waals surface area contributed by atoms with Crippen LogP contribution >= 0.6 is 15.9 Å². The zero-order chi connectivity index (χ0) is 22.9. The molecule has 0 bridgehead atoms. The molecule has 0 saturated heterocycles. The largest absolute Gasteiger partial charge is 0.458 e. The number of fused-ring (bicyclic) bond motifs is 5. The van der Waals surface area contributed by atoms with E-state index in [9.17, 15) is 24.6 Å². The van der Waals surface area contributed by atoms with Gasteiger partial charge in [-0.15, -0.1) is 0 Å². The molecular formula is C23H28BrFO6. The smallest absolute Gasteiger partial charge is 0.303 e. The van der Waals surface area contributed by atoms with Gasteiger partial charge in [-0.25, -0.2) is 4.39 Å². The standard InChI is InChI=1S/C23H28BrFO6/c1-11(26)31-10-19(29)23(30)5-4-13-12-6-16(25)14-7-17(27)15(24)8-21(14,2)20(12)18(28)9-22(13,23)3/h7-8,12-13,16,18,20,28,30H,4-6,9-10H2,1-3H3/t12-,13-,16+,18+,20+,21-,22-,23-/m0/s1. The highest BCUT2D eigenvalue weighted by Crippen LogP contribution is 2.67. The molecule has 4 rings (SSSR count). The van der Waals surface area contributed by atoms with E-state index in [2.05, 4.69) is 15.9 Å². The Bertz CT molecular complexity index is 914. The maximum atomic E-state index is 15.4. The molecule has 0 aliphatic heterocycles. The van der Waals surface area contributed by atoms with E-state index in [1.807, 2.05) is 6.92 Å². The van der Waals surface area contributed by atoms with Gasteiger partial charge in [-0.1, -0.05) is 19.9 Å². The third kappa shape index (κ3) is 3.12. The monoisotopic (exact) mass is 498 g/mol. The van der Waals surface area contributed by atoms with Crippen LogP contribution in [0.5, 0.6) is 0 Å². The fourth-order valence-corrected chi connectivity index (χ4v) is 7.73. The molecule has 2 N–H and O–H groups in total. The van der Waals surface area contributed by atoms with Crippen LogP contribution in [0.25, 0.3) is 0 Å². The Kier molecular flexibility index (Phi) is 5.38. The maximum absolute atomic E-state index is 15.4. The number of aliphatic hydroxyl groups is 2. The number of rotatable bonds is 3. The topological polar surface area (TPSA) is 101 Å². The molecule has 0 aromatic rings. The Labute approximate surface area is 189 Å². The van der Waals surface area contributed by atoms with Crippen LogP contribution in [0.1, 0.15) is 46.5 Å². The van der Waals surface area contributed by atoms with E-state index in [1.54, 1.807) is 13.0 Å². The molecule has 31 heavy (non-hydrogen) atoms. The van der Waals surface area contributed by atoms with E-state index in [-0.39, 0.29) is 42.8 Å². The minimum absolute atomic E-state index is 0.135. The van der Waals surface area contributed by atoms with Crippen molar-refractivity contribution in [3.8, 4) is 0 Å². The van der Waals surface area contributed by atoms with Gasteiger partial charge in [0, 0.05) is 23.7 Å². The maximum Gasteiger partial charge on any atom is 0.303 e. The second-order valence-corrected chi connectivity index (χ2v) is 10.9. The van der Waals surface area contributed by atoms with Crippen molar-refractivity contribution in [1.82, 2.24) is 0 Å². The van der Waals surface area contributed by atoms with Gasteiger partial charge >= 0.3 is 5.97 Å². The normalized spacial score (nSPS) is 46.3. The average molecular weight is 499 g/mol. The summed E-state index contributed by atoms with van der Waals surface area (Å²) >= 11 is 3.28. The summed E-state index contributed by atoms with van der Waals surface area (Å²) in [4.78, 5) is 36.2. The molecule has 0 heterocycles. The van der Waals surface area contributed by atoms with Crippen molar-refractivity contribution >= 4 is 33.5 Å². The fraction of sp³-hybridized carbons (Fsp3) is 0.696. The SMILES string of the molecule is CC(=O)OCC(=O)[C@@]1(O)CC[C@H]2[C@@H]3C[C@@H](F)C4=CC(=O)C(Br)=C[C@]4(C)[C@H]3[C@H](O)C[C@@]21C. The first-order chi connectivity index (χ1) is 14.3. The van der Waals surface area contributed by atoms with E-state index in [0.29, 0.717) is 16.5 Å². The molecule has 0 spiro atoms. The first-order valence-electron chi connectivity index (χ1n) is 10.7. The van der Waals surface area contributed by atoms with E-state index in [1.165, 1.54) is 13.0 Å². The lowest BCUT2D eigenvalue weighted by Crippen LogP contribution is -2.62. The lowest BCUT2D eigenvalue weighted by molar-refractivity contribution is -0.183. The van der Waals surface area contributed by atoms with Crippen LogP contribution in [0.2, 0.25) is 0 Å². The average Bonchev–Trinajstić information content (AvgIpc) is 2.93. The molecule has 4 aliphatic carbocycles. The molecular weight excluding hydrogens is 471 g/mol. The van der Waals surface area contributed by atoms with Crippen molar-refractivity contribution in [3.63, 3.8) is 0 Å². The number of Topliss-reactive ketones (excluding diaryl/α,β-unsaturated/α-hetero) is 1. The zero-order valence-corrected chi connectivity index (χ0v) is 19.4. The lowest BCUT2D eigenvalue weighted by Gasteiger charge is -2.60. The fourth-order valence-electron chi connectivity index (χ4n) is 7.14. The van der Waals surface area contributed by atoms with Crippen molar-refractivity contribution in [3.05, 3.63) is 22.2 Å². The Morgan fingerprint density at radius 1 is 1.35 bits per heavy atom. The molecule has 6 nitrogen and oxygen atoms in total. The molecule has 0 aromatic carbocycles. The van der Waals surface area contributed by atoms with Gasteiger partial charge in [-0.2, -0.15) is 0 Å². The summed E-state index contributed by atoms with van der Waals surface area (Å²) in [6, 6.07) is 0. The van der Waals surface area contributed by atoms with Gasteiger partial charge in [-0.05, 0) is 65.1 Å². The van der Waals surface area contributed by atoms with Gasteiger partial charge in [-0.3, -0.25) is 14.4 Å². The van der Waals surface area contributed by atoms with Crippen molar-refractivity contribution in [2.75, 3.05) is 6.61 Å². The highest BCUT2D eigenvalue weighted by molar-refractivity contribution is 9.12. The summed E-state index contributed by atoms with van der Waals surface area (Å²) in [6.07, 6.45) is 1.81. The molecule has 0 aromatic heterocycles. The predicted molar refractivity (Wildman–Crippen MR) is 113 cm³/mol. The van der Waals surface area contributed by atoms with Gasteiger partial charge in [0.1, 0.15) is 11.8 Å². The van der Waals surface area contributed by atoms with Crippen LogP contribution in [-0.4, -0.2) is 52.2 Å². The second kappa shape index (κ2) is 7.32. The van der Waals surface area contributed by atoms with E-state index < -0.39 is 47.1 Å². The third-order valence-electron chi connectivity index (χ3n) is 8.55. The zero-order valence-electron chi connectivity index (χ0n) is 17.9. The van der Waals surface area contributed by atoms with Crippen LogP contribution < -0.4 is 0 Å². The van der Waals surface area contributed by atoms with Crippen LogP contribution in [-0.2, 0) is 19.1 Å². The molecule has 0 amide bonds. The van der Waals surface area contributed by atoms with Crippen LogP contribution in [0, 0.1) is 28.6 Å². The van der Waals surface area contributed by atoms with Gasteiger partial charge in [0.25, 0.3) is 0 Å². The number of halogens is 2. The Hall–Kier alpha value is -1.38. The number of aliphatic hydroxyl groups excluding tert-OH is 1. The molecule has 170 valence electrons. The number of ether oxygens (including phenoxy) is 1. The molecule has 4 aliphatic rings. The first kappa shape index (κ1) is 22.8. The minimum Gasteiger partial charge on any atom is -0.458 e. The van der Waals surface area contributed by atoms with Crippen LogP contribution in [0.3, 0.4) is 0 Å². The van der Waals surface area contributed by atoms with Crippen molar-refractivity contribution in [1.29, 1.82) is 0 Å². The van der Waals surface area contributed by atoms with Crippen molar-refractivity contribution in [2.24, 2.45) is 28.6 Å². The summed E-state index contributed by atoms with van der Waals surface area (Å²) < 4.78 is 20.6. The van der Waals surface area contributed by atoms with Crippen molar-refractivity contribution in [2.45, 2.75) is 64.3 Å². The van der Waals surface area contributed by atoms with Crippen LogP contribution in [0.15, 0.2) is 22.2 Å². The highest BCUT2D eigenvalue weighted by atomic mass is 79.9. The number of allylic oxidation sites excluding steroid dienone is 4. The molecule has 0 unspecified atom stereocenters. The van der Waals surface area contributed by atoms with Gasteiger partial charge in [0.15, 0.2) is 12.4 Å². The summed E-state index contributed by atoms with van der Waals surface area (Å²) in [5, 5.41) is 22.8. The summed E-state index contributed by atoms with van der Waals surface area (Å²) in [5.41, 5.74) is -3.16. The minimum atomic E-state index is -1.75. The molecule has 8 atom stereocenters. The van der Waals surface area contributed by atoms with Gasteiger partial charge in [0.2, 0.25) is 5.78 Å². The Balaban J connectivity index is 1.72. The number of hydrogen-bond donors (Lipinski definition) is 2. The number of carbonyl (C=O) groups excluding carboxylic acids is 3. The molecule has 8 heteroatoms. The number of esters is 1. The Morgan fingerprint density at radius 2 is 2.03 bits per heavy atom. The number of hydrogen-bond acceptors (Lipinski definition) is 6. The first-order valence-corrected chi connectivity index (χ1v) is 11.5. The summed E-state index contributed by atoms with van der Waals surface area (Å²) in [7, 11) is 0. The Morgan fingerprint density at radius 3 is 2.68 bits per heavy atom. The highest BCUT2D eigenvalue weighted by Gasteiger charge is 2.69. The summed E-state index contributed by atoms with van der Waals surface area (Å²) in [5.74, 6) is -2.27. The number of alkyl halides is 1. The van der Waals surface area contributed by atoms with Crippen LogP contribution in [0.4, 0.5) is 4.39 Å². The summed E-state index contributed by atoms with van der Waals surface area (Å²) in [6.45, 7) is 4.31. The van der Waals surface area contributed by atoms with Gasteiger partial charge in [0.05, 0.1) is 10.6 Å². The van der Waals surface area contributed by atoms with E-state index in [0.717, 1.165) is 0 Å². The second-order valence-electron chi connectivity index (χ2n) is 10.0. The molecule has 3 saturated carbocycles.